The highest BCUT2D eigenvalue weighted by molar-refractivity contribution is 7.18. The summed E-state index contributed by atoms with van der Waals surface area (Å²) in [4.78, 5) is 12.9. The van der Waals surface area contributed by atoms with Gasteiger partial charge in [0.1, 0.15) is 5.82 Å². The van der Waals surface area contributed by atoms with E-state index in [-0.39, 0.29) is 33.7 Å². The Morgan fingerprint density at radius 3 is 2.83 bits per heavy atom. The maximum Gasteiger partial charge on any atom is 0.323 e. The van der Waals surface area contributed by atoms with Gasteiger partial charge in [-0.1, -0.05) is 29.0 Å². The van der Waals surface area contributed by atoms with E-state index in [0.29, 0.717) is 0 Å². The average Bonchev–Trinajstić information content (AvgIpc) is 3.05. The predicted octanol–water partition coefficient (Wildman–Crippen LogP) is 3.87. The van der Waals surface area contributed by atoms with Crippen LogP contribution in [0.3, 0.4) is 0 Å². The van der Waals surface area contributed by atoms with Crippen molar-refractivity contribution in [2.24, 2.45) is 0 Å². The molecule has 2 aromatic rings. The molecule has 1 aromatic heterocycles. The van der Waals surface area contributed by atoms with Gasteiger partial charge in [0.05, 0.1) is 17.1 Å². The van der Waals surface area contributed by atoms with Gasteiger partial charge >= 0.3 is 6.03 Å². The first-order valence-corrected chi connectivity index (χ1v) is 7.77. The van der Waals surface area contributed by atoms with Crippen LogP contribution in [0.15, 0.2) is 18.2 Å². The lowest BCUT2D eigenvalue weighted by atomic mass is 10.2. The normalized spacial score (nSPS) is 16.6. The van der Waals surface area contributed by atoms with Gasteiger partial charge < -0.3 is 4.90 Å². The monoisotopic (exact) mass is 362 g/mol. The summed E-state index contributed by atoms with van der Waals surface area (Å²) in [5.74, 6) is -3.43. The minimum Gasteiger partial charge on any atom is -0.318 e. The van der Waals surface area contributed by atoms with Crippen molar-refractivity contribution in [3.8, 4) is 10.6 Å². The van der Waals surface area contributed by atoms with E-state index in [1.165, 1.54) is 18.2 Å². The SMILES string of the molecule is O=C(Nc1nnc(-c2c(F)cccc2Cl)s1)N1CCC(F)(F)C1. The first-order chi connectivity index (χ1) is 10.9. The number of hydrogen-bond donors (Lipinski definition) is 1. The van der Waals surface area contributed by atoms with Crippen LogP contribution < -0.4 is 5.32 Å². The van der Waals surface area contributed by atoms with E-state index in [0.717, 1.165) is 16.2 Å². The molecule has 1 aliphatic rings. The van der Waals surface area contributed by atoms with Crippen molar-refractivity contribution < 1.29 is 18.0 Å². The lowest BCUT2D eigenvalue weighted by Gasteiger charge is -2.15. The van der Waals surface area contributed by atoms with Crippen molar-refractivity contribution in [1.82, 2.24) is 15.1 Å². The van der Waals surface area contributed by atoms with Gasteiger partial charge in [-0.15, -0.1) is 10.2 Å². The summed E-state index contributed by atoms with van der Waals surface area (Å²) in [6, 6.07) is 3.50. The second-order valence-corrected chi connectivity index (χ2v) is 6.35. The van der Waals surface area contributed by atoms with E-state index >= 15 is 0 Å². The van der Waals surface area contributed by atoms with Gasteiger partial charge in [-0.3, -0.25) is 5.32 Å². The highest BCUT2D eigenvalue weighted by Crippen LogP contribution is 2.34. The van der Waals surface area contributed by atoms with Crippen molar-refractivity contribution in [1.29, 1.82) is 0 Å². The molecule has 23 heavy (non-hydrogen) atoms. The van der Waals surface area contributed by atoms with Crippen LogP contribution in [0.1, 0.15) is 6.42 Å². The Bertz CT molecular complexity index is 734. The van der Waals surface area contributed by atoms with Gasteiger partial charge in [-0.05, 0) is 12.1 Å². The fraction of sp³-hybridized carbons (Fsp3) is 0.308. The topological polar surface area (TPSA) is 58.1 Å². The molecule has 0 atom stereocenters. The fourth-order valence-corrected chi connectivity index (χ4v) is 3.26. The molecule has 122 valence electrons. The molecule has 1 fully saturated rings. The maximum absolute atomic E-state index is 13.8. The number of likely N-dealkylation sites (tertiary alicyclic amines) is 1. The lowest BCUT2D eigenvalue weighted by Crippen LogP contribution is -2.34. The Morgan fingerprint density at radius 1 is 1.39 bits per heavy atom. The summed E-state index contributed by atoms with van der Waals surface area (Å²) in [6.07, 6.45) is -0.368. The molecule has 0 saturated carbocycles. The number of alkyl halides is 2. The number of aromatic nitrogens is 2. The summed E-state index contributed by atoms with van der Waals surface area (Å²) in [7, 11) is 0. The largest absolute Gasteiger partial charge is 0.323 e. The third kappa shape index (κ3) is 3.40. The highest BCUT2D eigenvalue weighted by atomic mass is 35.5. The molecule has 0 unspecified atom stereocenters. The van der Waals surface area contributed by atoms with Crippen LogP contribution in [0.5, 0.6) is 0 Å². The van der Waals surface area contributed by atoms with Gasteiger partial charge in [0.15, 0.2) is 5.01 Å². The number of carbonyl (C=O) groups excluding carboxylic acids is 1. The number of rotatable bonds is 2. The number of hydrogen-bond acceptors (Lipinski definition) is 4. The second kappa shape index (κ2) is 5.97. The molecule has 0 radical (unpaired) electrons. The molecular formula is C13H10ClF3N4OS. The highest BCUT2D eigenvalue weighted by Gasteiger charge is 2.40. The Labute approximate surface area is 138 Å². The van der Waals surface area contributed by atoms with Crippen LogP contribution in [-0.2, 0) is 0 Å². The van der Waals surface area contributed by atoms with E-state index in [9.17, 15) is 18.0 Å². The Hall–Kier alpha value is -1.87. The molecule has 1 aromatic carbocycles. The third-order valence-corrected chi connectivity index (χ3v) is 4.44. The summed E-state index contributed by atoms with van der Waals surface area (Å²) in [5.41, 5.74) is 0.0832. The molecule has 0 bridgehead atoms. The molecule has 2 amide bonds. The van der Waals surface area contributed by atoms with E-state index in [1.54, 1.807) is 0 Å². The zero-order valence-electron chi connectivity index (χ0n) is 11.5. The minimum absolute atomic E-state index is 0.0381. The lowest BCUT2D eigenvalue weighted by molar-refractivity contribution is 0.0159. The summed E-state index contributed by atoms with van der Waals surface area (Å²) >= 11 is 6.84. The quantitative estimate of drug-likeness (QED) is 0.882. The van der Waals surface area contributed by atoms with Crippen LogP contribution in [-0.4, -0.2) is 40.1 Å². The van der Waals surface area contributed by atoms with Crippen LogP contribution in [0, 0.1) is 5.82 Å². The zero-order valence-corrected chi connectivity index (χ0v) is 13.1. The number of amides is 2. The average molecular weight is 363 g/mol. The molecule has 2 heterocycles. The van der Waals surface area contributed by atoms with E-state index in [1.807, 2.05) is 0 Å². The number of anilines is 1. The third-order valence-electron chi connectivity index (χ3n) is 3.27. The van der Waals surface area contributed by atoms with Gasteiger partial charge in [-0.2, -0.15) is 0 Å². The molecule has 1 N–H and O–H groups in total. The first-order valence-electron chi connectivity index (χ1n) is 6.57. The smallest absolute Gasteiger partial charge is 0.318 e. The van der Waals surface area contributed by atoms with E-state index in [4.69, 9.17) is 11.6 Å². The van der Waals surface area contributed by atoms with Crippen molar-refractivity contribution >= 4 is 34.1 Å². The molecule has 10 heteroatoms. The number of halogens is 4. The zero-order chi connectivity index (χ0) is 16.6. The van der Waals surface area contributed by atoms with E-state index in [2.05, 4.69) is 15.5 Å². The van der Waals surface area contributed by atoms with Crippen molar-refractivity contribution in [2.45, 2.75) is 12.3 Å². The molecule has 1 saturated heterocycles. The summed E-state index contributed by atoms with van der Waals surface area (Å²) in [6.45, 7) is -0.673. The summed E-state index contributed by atoms with van der Waals surface area (Å²) in [5, 5.41) is 10.3. The maximum atomic E-state index is 13.8. The number of nitrogens with zero attached hydrogens (tertiary/aromatic N) is 3. The number of nitrogens with one attached hydrogen (secondary N) is 1. The first kappa shape index (κ1) is 16.0. The molecule has 0 aliphatic carbocycles. The van der Waals surface area contributed by atoms with Crippen LogP contribution in [0.2, 0.25) is 5.02 Å². The number of carbonyl (C=O) groups is 1. The predicted molar refractivity (Wildman–Crippen MR) is 80.5 cm³/mol. The molecule has 1 aliphatic heterocycles. The number of benzene rings is 1. The van der Waals surface area contributed by atoms with Gasteiger partial charge in [-0.25, -0.2) is 18.0 Å². The second-order valence-electron chi connectivity index (χ2n) is 4.97. The Morgan fingerprint density at radius 2 is 2.17 bits per heavy atom. The molecule has 5 nitrogen and oxygen atoms in total. The van der Waals surface area contributed by atoms with Gasteiger partial charge in [0.2, 0.25) is 5.13 Å². The van der Waals surface area contributed by atoms with Crippen molar-refractivity contribution in [3.05, 3.63) is 29.0 Å². The van der Waals surface area contributed by atoms with Crippen LogP contribution in [0.25, 0.3) is 10.6 Å². The number of urea groups is 1. The van der Waals surface area contributed by atoms with Crippen molar-refractivity contribution in [3.63, 3.8) is 0 Å². The van der Waals surface area contributed by atoms with Gasteiger partial charge in [0.25, 0.3) is 5.92 Å². The standard InChI is InChI=1S/C13H10ClF3N4OS/c14-7-2-1-3-8(15)9(7)10-19-20-11(23-10)18-12(22)21-5-4-13(16,17)6-21/h1-3H,4-6H2,(H,18,20,22). The van der Waals surface area contributed by atoms with Crippen LogP contribution in [0.4, 0.5) is 23.1 Å². The van der Waals surface area contributed by atoms with Gasteiger partial charge in [0, 0.05) is 13.0 Å². The Balaban J connectivity index is 1.74. The van der Waals surface area contributed by atoms with Crippen LogP contribution >= 0.6 is 22.9 Å². The molecule has 0 spiro atoms. The Kier molecular flexibility index (Phi) is 4.15. The fourth-order valence-electron chi connectivity index (χ4n) is 2.16. The van der Waals surface area contributed by atoms with Crippen molar-refractivity contribution in [2.75, 3.05) is 18.4 Å². The molecular weight excluding hydrogens is 353 g/mol. The minimum atomic E-state index is -2.87. The summed E-state index contributed by atoms with van der Waals surface area (Å²) < 4.78 is 40.0. The molecule has 3 rings (SSSR count). The van der Waals surface area contributed by atoms with E-state index < -0.39 is 24.3 Å².